The predicted molar refractivity (Wildman–Crippen MR) is 92.4 cm³/mol. The first-order chi connectivity index (χ1) is 11.2. The summed E-state index contributed by atoms with van der Waals surface area (Å²) < 4.78 is 0. The molecule has 1 saturated heterocycles. The molecule has 0 unspecified atom stereocenters. The summed E-state index contributed by atoms with van der Waals surface area (Å²) in [5, 5.41) is 2.83. The van der Waals surface area contributed by atoms with Gasteiger partial charge in [-0.25, -0.2) is 0 Å². The zero-order chi connectivity index (χ0) is 16.5. The Morgan fingerprint density at radius 2 is 1.74 bits per heavy atom. The van der Waals surface area contributed by atoms with Crippen molar-refractivity contribution in [3.8, 4) is 0 Å². The van der Waals surface area contributed by atoms with Crippen molar-refractivity contribution in [3.05, 3.63) is 30.3 Å². The lowest BCUT2D eigenvalue weighted by atomic mass is 10.2. The van der Waals surface area contributed by atoms with E-state index in [9.17, 15) is 9.59 Å². The predicted octanol–water partition coefficient (Wildman–Crippen LogP) is 2.03. The van der Waals surface area contributed by atoms with Gasteiger partial charge >= 0.3 is 0 Å². The number of carbonyl (C=O) groups is 2. The molecule has 0 radical (unpaired) electrons. The van der Waals surface area contributed by atoms with E-state index in [2.05, 4.69) is 29.3 Å². The SMILES string of the molecule is CCCCC(=O)NCCC(=O)N1CCN(c2ccccc2)CC1. The number of piperazine rings is 1. The van der Waals surface area contributed by atoms with Crippen molar-refractivity contribution < 1.29 is 9.59 Å². The molecule has 5 nitrogen and oxygen atoms in total. The van der Waals surface area contributed by atoms with E-state index < -0.39 is 0 Å². The number of unbranched alkanes of at least 4 members (excludes halogenated alkanes) is 1. The normalized spacial score (nSPS) is 14.7. The van der Waals surface area contributed by atoms with Crippen molar-refractivity contribution in [2.24, 2.45) is 0 Å². The van der Waals surface area contributed by atoms with Crippen LogP contribution in [0.4, 0.5) is 5.69 Å². The Bertz CT molecular complexity index is 496. The number of rotatable bonds is 7. The van der Waals surface area contributed by atoms with Crippen molar-refractivity contribution >= 4 is 17.5 Å². The lowest BCUT2D eigenvalue weighted by molar-refractivity contribution is -0.131. The molecule has 5 heteroatoms. The smallest absolute Gasteiger partial charge is 0.224 e. The summed E-state index contributed by atoms with van der Waals surface area (Å²) >= 11 is 0. The molecular formula is C18H27N3O2. The molecule has 0 aromatic heterocycles. The quantitative estimate of drug-likeness (QED) is 0.837. The number of nitrogens with zero attached hydrogens (tertiary/aromatic N) is 2. The first-order valence-corrected chi connectivity index (χ1v) is 8.55. The maximum atomic E-state index is 12.2. The summed E-state index contributed by atoms with van der Waals surface area (Å²) in [6.07, 6.45) is 2.86. The highest BCUT2D eigenvalue weighted by molar-refractivity contribution is 5.79. The van der Waals surface area contributed by atoms with Crippen LogP contribution in [0.15, 0.2) is 30.3 Å². The molecule has 23 heavy (non-hydrogen) atoms. The van der Waals surface area contributed by atoms with Gasteiger partial charge in [-0.1, -0.05) is 31.5 Å². The van der Waals surface area contributed by atoms with Gasteiger partial charge in [-0.2, -0.15) is 0 Å². The van der Waals surface area contributed by atoms with Crippen LogP contribution in [-0.2, 0) is 9.59 Å². The van der Waals surface area contributed by atoms with E-state index in [4.69, 9.17) is 0 Å². The molecule has 0 saturated carbocycles. The van der Waals surface area contributed by atoms with Crippen LogP contribution in [-0.4, -0.2) is 49.4 Å². The van der Waals surface area contributed by atoms with Gasteiger partial charge in [0.25, 0.3) is 0 Å². The van der Waals surface area contributed by atoms with Crippen molar-refractivity contribution in [2.45, 2.75) is 32.6 Å². The second-order valence-corrected chi connectivity index (χ2v) is 5.91. The van der Waals surface area contributed by atoms with Crippen molar-refractivity contribution in [1.82, 2.24) is 10.2 Å². The minimum Gasteiger partial charge on any atom is -0.368 e. The van der Waals surface area contributed by atoms with Gasteiger partial charge in [0.2, 0.25) is 11.8 Å². The van der Waals surface area contributed by atoms with Crippen molar-refractivity contribution in [3.63, 3.8) is 0 Å². The van der Waals surface area contributed by atoms with Crippen LogP contribution in [0.2, 0.25) is 0 Å². The number of anilines is 1. The summed E-state index contributed by atoms with van der Waals surface area (Å²) in [6, 6.07) is 10.3. The van der Waals surface area contributed by atoms with Crippen LogP contribution in [0.1, 0.15) is 32.6 Å². The van der Waals surface area contributed by atoms with E-state index in [0.717, 1.165) is 39.0 Å². The average Bonchev–Trinajstić information content (AvgIpc) is 2.60. The Morgan fingerprint density at radius 1 is 1.04 bits per heavy atom. The summed E-state index contributed by atoms with van der Waals surface area (Å²) in [6.45, 7) is 5.72. The highest BCUT2D eigenvalue weighted by atomic mass is 16.2. The molecule has 0 atom stereocenters. The van der Waals surface area contributed by atoms with E-state index in [-0.39, 0.29) is 11.8 Å². The molecule has 1 N–H and O–H groups in total. The van der Waals surface area contributed by atoms with E-state index in [1.54, 1.807) is 0 Å². The maximum absolute atomic E-state index is 12.2. The van der Waals surface area contributed by atoms with Gasteiger partial charge in [-0.15, -0.1) is 0 Å². The molecule has 1 aliphatic rings. The first-order valence-electron chi connectivity index (χ1n) is 8.55. The third-order valence-electron chi connectivity index (χ3n) is 4.17. The van der Waals surface area contributed by atoms with Crippen LogP contribution in [0.25, 0.3) is 0 Å². The topological polar surface area (TPSA) is 52.7 Å². The van der Waals surface area contributed by atoms with E-state index in [1.807, 2.05) is 23.1 Å². The number of carbonyl (C=O) groups excluding carboxylic acids is 2. The third kappa shape index (κ3) is 5.58. The standard InChI is InChI=1S/C18H27N3O2/c1-2-3-9-17(22)19-11-10-18(23)21-14-12-20(13-15-21)16-7-5-4-6-8-16/h4-8H,2-3,9-15H2,1H3,(H,19,22). The molecule has 1 aromatic carbocycles. The van der Waals surface area contributed by atoms with E-state index >= 15 is 0 Å². The molecular weight excluding hydrogens is 290 g/mol. The molecule has 0 aliphatic carbocycles. The van der Waals surface area contributed by atoms with Gasteiger partial charge < -0.3 is 15.1 Å². The zero-order valence-corrected chi connectivity index (χ0v) is 14.0. The fourth-order valence-electron chi connectivity index (χ4n) is 2.75. The van der Waals surface area contributed by atoms with Gasteiger partial charge in [-0.3, -0.25) is 9.59 Å². The zero-order valence-electron chi connectivity index (χ0n) is 14.0. The van der Waals surface area contributed by atoms with E-state index in [1.165, 1.54) is 5.69 Å². The Balaban J connectivity index is 1.66. The van der Waals surface area contributed by atoms with Crippen LogP contribution in [0, 0.1) is 0 Å². The molecule has 2 rings (SSSR count). The molecule has 1 fully saturated rings. The number of amides is 2. The fourth-order valence-corrected chi connectivity index (χ4v) is 2.75. The van der Waals surface area contributed by atoms with E-state index in [0.29, 0.717) is 19.4 Å². The van der Waals surface area contributed by atoms with Gasteiger partial charge in [-0.05, 0) is 18.6 Å². The van der Waals surface area contributed by atoms with Gasteiger partial charge in [0.1, 0.15) is 0 Å². The van der Waals surface area contributed by atoms with Crippen LogP contribution >= 0.6 is 0 Å². The summed E-state index contributed by atoms with van der Waals surface area (Å²) in [4.78, 5) is 27.9. The van der Waals surface area contributed by atoms with Crippen LogP contribution in [0.3, 0.4) is 0 Å². The Labute approximate surface area is 138 Å². The molecule has 0 bridgehead atoms. The number of benzene rings is 1. The number of hydrogen-bond donors (Lipinski definition) is 1. The largest absolute Gasteiger partial charge is 0.368 e. The highest BCUT2D eigenvalue weighted by Gasteiger charge is 2.20. The maximum Gasteiger partial charge on any atom is 0.224 e. The second kappa shape index (κ2) is 9.18. The summed E-state index contributed by atoms with van der Waals surface area (Å²) in [5.74, 6) is 0.182. The molecule has 1 aromatic rings. The van der Waals surface area contributed by atoms with Crippen LogP contribution in [0.5, 0.6) is 0 Å². The van der Waals surface area contributed by atoms with Crippen molar-refractivity contribution in [1.29, 1.82) is 0 Å². The number of nitrogens with one attached hydrogen (secondary N) is 1. The summed E-state index contributed by atoms with van der Waals surface area (Å²) in [7, 11) is 0. The second-order valence-electron chi connectivity index (χ2n) is 5.91. The van der Waals surface area contributed by atoms with Crippen LogP contribution < -0.4 is 10.2 Å². The minimum atomic E-state index is 0.0496. The highest BCUT2D eigenvalue weighted by Crippen LogP contribution is 2.15. The average molecular weight is 317 g/mol. The Hall–Kier alpha value is -2.04. The number of hydrogen-bond acceptors (Lipinski definition) is 3. The minimum absolute atomic E-state index is 0.0496. The molecule has 2 amide bonds. The first kappa shape index (κ1) is 17.3. The van der Waals surface area contributed by atoms with Gasteiger partial charge in [0.05, 0.1) is 0 Å². The lowest BCUT2D eigenvalue weighted by Gasteiger charge is -2.36. The van der Waals surface area contributed by atoms with Gasteiger partial charge in [0, 0.05) is 51.3 Å². The van der Waals surface area contributed by atoms with Gasteiger partial charge in [0.15, 0.2) is 0 Å². The lowest BCUT2D eigenvalue weighted by Crippen LogP contribution is -2.49. The Kier molecular flexibility index (Phi) is 6.91. The Morgan fingerprint density at radius 3 is 2.39 bits per heavy atom. The van der Waals surface area contributed by atoms with Crippen molar-refractivity contribution in [2.75, 3.05) is 37.6 Å². The molecule has 0 spiro atoms. The summed E-state index contributed by atoms with van der Waals surface area (Å²) in [5.41, 5.74) is 1.21. The monoisotopic (exact) mass is 317 g/mol. The molecule has 1 aliphatic heterocycles. The molecule has 1 heterocycles. The number of para-hydroxylation sites is 1. The molecule has 126 valence electrons. The fraction of sp³-hybridized carbons (Fsp3) is 0.556. The third-order valence-corrected chi connectivity index (χ3v) is 4.17.